The number of thiophene rings is 1. The third-order valence-electron chi connectivity index (χ3n) is 11.0. The Balaban J connectivity index is 1.10. The highest BCUT2D eigenvalue weighted by atomic mass is 32.1. The number of anilines is 3. The summed E-state index contributed by atoms with van der Waals surface area (Å²) in [5.74, 6) is 0. The molecule has 54 heavy (non-hydrogen) atoms. The molecule has 11 rings (SSSR count). The van der Waals surface area contributed by atoms with Gasteiger partial charge in [-0.15, -0.1) is 11.3 Å². The van der Waals surface area contributed by atoms with Gasteiger partial charge >= 0.3 is 0 Å². The molecule has 0 bridgehead atoms. The molecule has 0 saturated heterocycles. The highest BCUT2D eigenvalue weighted by Crippen LogP contribution is 2.44. The molecule has 10 aromatic carbocycles. The molecule has 0 fully saturated rings. The van der Waals surface area contributed by atoms with Gasteiger partial charge in [-0.3, -0.25) is 0 Å². The normalized spacial score (nSPS) is 11.7. The van der Waals surface area contributed by atoms with Gasteiger partial charge in [0.25, 0.3) is 0 Å². The highest BCUT2D eigenvalue weighted by Gasteiger charge is 2.18. The molecular formula is C52H33NS. The lowest BCUT2D eigenvalue weighted by Crippen LogP contribution is -2.10. The molecule has 0 amide bonds. The fourth-order valence-corrected chi connectivity index (χ4v) is 9.60. The van der Waals surface area contributed by atoms with Crippen molar-refractivity contribution in [1.82, 2.24) is 0 Å². The maximum Gasteiger partial charge on any atom is 0.0540 e. The van der Waals surface area contributed by atoms with Crippen molar-refractivity contribution in [3.63, 3.8) is 0 Å². The average Bonchev–Trinajstić information content (AvgIpc) is 3.60. The Hall–Kier alpha value is -6.74. The maximum atomic E-state index is 2.43. The summed E-state index contributed by atoms with van der Waals surface area (Å²) >= 11 is 1.87. The average molecular weight is 704 g/mol. The van der Waals surface area contributed by atoms with Crippen LogP contribution >= 0.6 is 11.3 Å². The fourth-order valence-electron chi connectivity index (χ4n) is 8.46. The van der Waals surface area contributed by atoms with Crippen LogP contribution in [0.3, 0.4) is 0 Å². The lowest BCUT2D eigenvalue weighted by Gasteiger charge is -2.27. The van der Waals surface area contributed by atoms with Crippen molar-refractivity contribution < 1.29 is 0 Å². The first-order chi connectivity index (χ1) is 26.8. The van der Waals surface area contributed by atoms with Crippen LogP contribution in [0.2, 0.25) is 0 Å². The van der Waals surface area contributed by atoms with Crippen LogP contribution in [0.5, 0.6) is 0 Å². The first-order valence-electron chi connectivity index (χ1n) is 18.5. The van der Waals surface area contributed by atoms with Crippen molar-refractivity contribution >= 4 is 91.7 Å². The van der Waals surface area contributed by atoms with Gasteiger partial charge in [0.2, 0.25) is 0 Å². The van der Waals surface area contributed by atoms with E-state index in [4.69, 9.17) is 0 Å². The van der Waals surface area contributed by atoms with E-state index in [1.165, 1.54) is 85.5 Å². The summed E-state index contributed by atoms with van der Waals surface area (Å²) in [4.78, 5) is 2.43. The van der Waals surface area contributed by atoms with E-state index in [-0.39, 0.29) is 0 Å². The van der Waals surface area contributed by atoms with E-state index in [1.54, 1.807) is 0 Å². The fraction of sp³-hybridized carbons (Fsp3) is 0. The Bertz CT molecular complexity index is 3210. The minimum Gasteiger partial charge on any atom is -0.310 e. The van der Waals surface area contributed by atoms with Gasteiger partial charge in [-0.1, -0.05) is 152 Å². The van der Waals surface area contributed by atoms with Gasteiger partial charge in [-0.05, 0) is 108 Å². The second-order valence-corrected chi connectivity index (χ2v) is 15.2. The molecule has 2 heteroatoms. The summed E-state index contributed by atoms with van der Waals surface area (Å²) in [6.45, 7) is 0. The van der Waals surface area contributed by atoms with E-state index >= 15 is 0 Å². The maximum absolute atomic E-state index is 2.43. The molecule has 1 heterocycles. The molecule has 0 N–H and O–H groups in total. The zero-order valence-electron chi connectivity index (χ0n) is 29.4. The third-order valence-corrected chi connectivity index (χ3v) is 12.1. The molecule has 0 aliphatic heterocycles. The summed E-state index contributed by atoms with van der Waals surface area (Å²) < 4.78 is 2.64. The third kappa shape index (κ3) is 4.99. The highest BCUT2D eigenvalue weighted by molar-refractivity contribution is 7.25. The van der Waals surface area contributed by atoms with Crippen LogP contribution in [0.25, 0.3) is 85.5 Å². The molecular weight excluding hydrogens is 671 g/mol. The Morgan fingerprint density at radius 2 is 1.02 bits per heavy atom. The first kappa shape index (κ1) is 30.8. The number of rotatable bonds is 5. The summed E-state index contributed by atoms with van der Waals surface area (Å²) in [5.41, 5.74) is 8.23. The lowest BCUT2D eigenvalue weighted by atomic mass is 9.92. The second kappa shape index (κ2) is 12.4. The topological polar surface area (TPSA) is 3.24 Å². The molecule has 0 unspecified atom stereocenters. The van der Waals surface area contributed by atoms with E-state index in [2.05, 4.69) is 205 Å². The second-order valence-electron chi connectivity index (χ2n) is 14.1. The molecule has 252 valence electrons. The number of fused-ring (bicyclic) bond motifs is 9. The van der Waals surface area contributed by atoms with Crippen molar-refractivity contribution in [3.05, 3.63) is 200 Å². The van der Waals surface area contributed by atoms with E-state index in [0.29, 0.717) is 0 Å². The van der Waals surface area contributed by atoms with Gasteiger partial charge in [-0.25, -0.2) is 0 Å². The van der Waals surface area contributed by atoms with Crippen LogP contribution in [0.1, 0.15) is 0 Å². The molecule has 0 aliphatic rings. The van der Waals surface area contributed by atoms with E-state index in [9.17, 15) is 0 Å². The summed E-state index contributed by atoms with van der Waals surface area (Å²) in [7, 11) is 0. The SMILES string of the molecule is c1ccc(-c2cccc(N(c3ccc(-c4cccc5c4ccc4ccc6ccccc6c45)cc3)c3cccc4cc5sc6ccccc6c5cc34)c2)cc1. The zero-order chi connectivity index (χ0) is 35.6. The van der Waals surface area contributed by atoms with Gasteiger partial charge in [0, 0.05) is 36.9 Å². The van der Waals surface area contributed by atoms with Crippen molar-refractivity contribution in [2.75, 3.05) is 4.90 Å². The van der Waals surface area contributed by atoms with Crippen LogP contribution in [0.15, 0.2) is 200 Å². The lowest BCUT2D eigenvalue weighted by molar-refractivity contribution is 1.30. The standard InChI is InChI=1S/C52H33NS/c1-2-11-34(12-3-1)38-14-8-16-41(31-38)53(49-21-9-15-39-32-51-48(33-47(39)49)45-18-6-7-22-50(45)54-51)40-28-25-36(26-29-40)42-19-10-20-46-44(42)30-27-37-24-23-35-13-4-5-17-43(35)52(37)46/h1-33H. The molecule has 0 aliphatic carbocycles. The van der Waals surface area contributed by atoms with Crippen LogP contribution in [-0.2, 0) is 0 Å². The van der Waals surface area contributed by atoms with Crippen LogP contribution in [0, 0.1) is 0 Å². The smallest absolute Gasteiger partial charge is 0.0540 e. The van der Waals surface area contributed by atoms with Crippen molar-refractivity contribution in [2.24, 2.45) is 0 Å². The minimum absolute atomic E-state index is 1.11. The number of benzene rings is 10. The molecule has 11 aromatic rings. The van der Waals surface area contributed by atoms with Gasteiger partial charge in [0.15, 0.2) is 0 Å². The number of hydrogen-bond acceptors (Lipinski definition) is 2. The largest absolute Gasteiger partial charge is 0.310 e. The summed E-state index contributed by atoms with van der Waals surface area (Å²) in [5, 5.41) is 12.8. The molecule has 0 spiro atoms. The van der Waals surface area contributed by atoms with Gasteiger partial charge in [0.1, 0.15) is 0 Å². The van der Waals surface area contributed by atoms with Crippen LogP contribution in [-0.4, -0.2) is 0 Å². The molecule has 1 nitrogen and oxygen atoms in total. The summed E-state index contributed by atoms with van der Waals surface area (Å²) in [6.07, 6.45) is 0. The van der Waals surface area contributed by atoms with Gasteiger partial charge < -0.3 is 4.90 Å². The molecule has 0 atom stereocenters. The first-order valence-corrected chi connectivity index (χ1v) is 19.3. The molecule has 1 aromatic heterocycles. The Morgan fingerprint density at radius 1 is 0.315 bits per heavy atom. The summed E-state index contributed by atoms with van der Waals surface area (Å²) in [6, 6.07) is 73.5. The van der Waals surface area contributed by atoms with Gasteiger partial charge in [-0.2, -0.15) is 0 Å². The molecule has 0 saturated carbocycles. The predicted molar refractivity (Wildman–Crippen MR) is 235 cm³/mol. The Labute approximate surface area is 317 Å². The van der Waals surface area contributed by atoms with E-state index in [1.807, 2.05) is 11.3 Å². The van der Waals surface area contributed by atoms with Crippen molar-refractivity contribution in [3.8, 4) is 22.3 Å². The Morgan fingerprint density at radius 3 is 1.93 bits per heavy atom. The Kier molecular flexibility index (Phi) is 7.11. The minimum atomic E-state index is 1.11. The van der Waals surface area contributed by atoms with E-state index in [0.717, 1.165) is 17.1 Å². The van der Waals surface area contributed by atoms with Crippen molar-refractivity contribution in [2.45, 2.75) is 0 Å². The quantitative estimate of drug-likeness (QED) is 0.161. The van der Waals surface area contributed by atoms with Crippen LogP contribution < -0.4 is 4.90 Å². The zero-order valence-corrected chi connectivity index (χ0v) is 30.2. The van der Waals surface area contributed by atoms with Crippen LogP contribution in [0.4, 0.5) is 17.1 Å². The predicted octanol–water partition coefficient (Wildman–Crippen LogP) is 15.5. The van der Waals surface area contributed by atoms with Crippen molar-refractivity contribution in [1.29, 1.82) is 0 Å². The van der Waals surface area contributed by atoms with Gasteiger partial charge in [0.05, 0.1) is 5.69 Å². The number of nitrogens with zero attached hydrogens (tertiary/aromatic N) is 1. The van der Waals surface area contributed by atoms with E-state index < -0.39 is 0 Å². The molecule has 0 radical (unpaired) electrons. The number of hydrogen-bond donors (Lipinski definition) is 0. The monoisotopic (exact) mass is 703 g/mol.